The van der Waals surface area contributed by atoms with Crippen LogP contribution in [0.5, 0.6) is 0 Å². The van der Waals surface area contributed by atoms with Gasteiger partial charge in [-0.15, -0.1) is 0 Å². The normalized spacial score (nSPS) is 16.1. The van der Waals surface area contributed by atoms with E-state index < -0.39 is 5.97 Å². The van der Waals surface area contributed by atoms with Gasteiger partial charge < -0.3 is 15.7 Å². The molecule has 3 N–H and O–H groups in total. The zero-order chi connectivity index (χ0) is 14.8. The van der Waals surface area contributed by atoms with Crippen molar-refractivity contribution in [1.82, 2.24) is 5.32 Å². The van der Waals surface area contributed by atoms with Gasteiger partial charge in [-0.05, 0) is 36.5 Å². The molecular weight excluding hydrogens is 280 g/mol. The van der Waals surface area contributed by atoms with Gasteiger partial charge in [0.05, 0.1) is 16.3 Å². The average molecular weight is 297 g/mol. The van der Waals surface area contributed by atoms with Crippen molar-refractivity contribution in [3.05, 3.63) is 28.8 Å². The highest BCUT2D eigenvalue weighted by atomic mass is 35.5. The Bertz CT molecular complexity index is 541. The minimum Gasteiger partial charge on any atom is -0.478 e. The van der Waals surface area contributed by atoms with Crippen molar-refractivity contribution >= 4 is 29.3 Å². The van der Waals surface area contributed by atoms with E-state index in [4.69, 9.17) is 16.7 Å². The molecule has 0 saturated heterocycles. The fourth-order valence-corrected chi connectivity index (χ4v) is 2.39. The van der Waals surface area contributed by atoms with Crippen molar-refractivity contribution in [3.63, 3.8) is 0 Å². The van der Waals surface area contributed by atoms with E-state index in [1.54, 1.807) is 0 Å². The maximum atomic E-state index is 11.8. The number of amides is 2. The summed E-state index contributed by atoms with van der Waals surface area (Å²) in [4.78, 5) is 22.6. The monoisotopic (exact) mass is 296 g/mol. The molecule has 0 bridgehead atoms. The van der Waals surface area contributed by atoms with E-state index in [2.05, 4.69) is 17.6 Å². The number of urea groups is 1. The van der Waals surface area contributed by atoms with Crippen LogP contribution in [0, 0.1) is 5.41 Å². The summed E-state index contributed by atoms with van der Waals surface area (Å²) in [6.07, 6.45) is 3.46. The molecule has 1 aromatic rings. The van der Waals surface area contributed by atoms with Gasteiger partial charge >= 0.3 is 12.0 Å². The number of carboxylic acids is 1. The zero-order valence-electron chi connectivity index (χ0n) is 11.2. The van der Waals surface area contributed by atoms with Gasteiger partial charge in [0.25, 0.3) is 0 Å². The van der Waals surface area contributed by atoms with E-state index in [1.807, 2.05) is 0 Å². The van der Waals surface area contributed by atoms with E-state index in [0.29, 0.717) is 12.2 Å². The Morgan fingerprint density at radius 3 is 2.60 bits per heavy atom. The van der Waals surface area contributed by atoms with Crippen LogP contribution < -0.4 is 10.6 Å². The lowest BCUT2D eigenvalue weighted by atomic mass is 9.70. The standard InChI is InChI=1S/C14H17ClN2O3/c1-14(5-2-6-14)8-16-13(20)17-11-4-3-9(12(18)19)7-10(11)15/h3-4,7H,2,5-6,8H2,1H3,(H,18,19)(H2,16,17,20). The molecular formula is C14H17ClN2O3. The minimum absolute atomic E-state index is 0.0861. The highest BCUT2D eigenvalue weighted by Crippen LogP contribution is 2.39. The van der Waals surface area contributed by atoms with E-state index in [-0.39, 0.29) is 22.0 Å². The summed E-state index contributed by atoms with van der Waals surface area (Å²) in [7, 11) is 0. The molecule has 2 amide bonds. The van der Waals surface area contributed by atoms with E-state index in [0.717, 1.165) is 12.8 Å². The van der Waals surface area contributed by atoms with E-state index >= 15 is 0 Å². The number of rotatable bonds is 4. The Hall–Kier alpha value is -1.75. The highest BCUT2D eigenvalue weighted by Gasteiger charge is 2.31. The van der Waals surface area contributed by atoms with Crippen LogP contribution in [0.2, 0.25) is 5.02 Å². The maximum absolute atomic E-state index is 11.8. The summed E-state index contributed by atoms with van der Waals surface area (Å²) < 4.78 is 0. The summed E-state index contributed by atoms with van der Waals surface area (Å²) >= 11 is 5.94. The topological polar surface area (TPSA) is 78.4 Å². The first kappa shape index (κ1) is 14.7. The molecule has 1 aliphatic rings. The Balaban J connectivity index is 1.92. The molecule has 0 unspecified atom stereocenters. The lowest BCUT2D eigenvalue weighted by molar-refractivity contribution is 0.0697. The molecule has 0 radical (unpaired) electrons. The third-order valence-corrected chi connectivity index (χ3v) is 4.01. The summed E-state index contributed by atoms with van der Waals surface area (Å²) in [6.45, 7) is 2.77. The average Bonchev–Trinajstić information content (AvgIpc) is 2.36. The van der Waals surface area contributed by atoms with Gasteiger partial charge in [0.1, 0.15) is 0 Å². The summed E-state index contributed by atoms with van der Waals surface area (Å²) in [5.41, 5.74) is 0.685. The second-order valence-electron chi connectivity index (χ2n) is 5.47. The lowest BCUT2D eigenvalue weighted by Crippen LogP contribution is -2.41. The van der Waals surface area contributed by atoms with Crippen LogP contribution in [0.4, 0.5) is 10.5 Å². The molecule has 0 heterocycles. The van der Waals surface area contributed by atoms with E-state index in [1.165, 1.54) is 24.6 Å². The predicted molar refractivity (Wildman–Crippen MR) is 77.4 cm³/mol. The maximum Gasteiger partial charge on any atom is 0.335 e. The number of carbonyl (C=O) groups excluding carboxylic acids is 1. The van der Waals surface area contributed by atoms with Crippen LogP contribution in [0.3, 0.4) is 0 Å². The van der Waals surface area contributed by atoms with Gasteiger partial charge in [-0.25, -0.2) is 9.59 Å². The third-order valence-electron chi connectivity index (χ3n) is 3.70. The Labute approximate surface area is 122 Å². The van der Waals surface area contributed by atoms with Crippen LogP contribution >= 0.6 is 11.6 Å². The van der Waals surface area contributed by atoms with Crippen molar-refractivity contribution in [2.45, 2.75) is 26.2 Å². The quantitative estimate of drug-likeness (QED) is 0.797. The van der Waals surface area contributed by atoms with E-state index in [9.17, 15) is 9.59 Å². The first-order valence-corrected chi connectivity index (χ1v) is 6.85. The molecule has 1 aromatic carbocycles. The van der Waals surface area contributed by atoms with Gasteiger partial charge in [-0.2, -0.15) is 0 Å². The molecule has 108 valence electrons. The number of anilines is 1. The number of hydrogen-bond donors (Lipinski definition) is 3. The minimum atomic E-state index is -1.05. The van der Waals surface area contributed by atoms with Crippen LogP contribution in [0.1, 0.15) is 36.5 Å². The second kappa shape index (κ2) is 5.71. The molecule has 1 aliphatic carbocycles. The van der Waals surface area contributed by atoms with Crippen LogP contribution in [0.25, 0.3) is 0 Å². The second-order valence-corrected chi connectivity index (χ2v) is 5.88. The van der Waals surface area contributed by atoms with Gasteiger partial charge in [0.15, 0.2) is 0 Å². The number of carbonyl (C=O) groups is 2. The number of nitrogens with one attached hydrogen (secondary N) is 2. The molecule has 2 rings (SSSR count). The number of aromatic carboxylic acids is 1. The Morgan fingerprint density at radius 1 is 1.40 bits per heavy atom. The molecule has 1 fully saturated rings. The first-order chi connectivity index (χ1) is 9.39. The lowest BCUT2D eigenvalue weighted by Gasteiger charge is -2.38. The molecule has 1 saturated carbocycles. The molecule has 5 nitrogen and oxygen atoms in total. The number of benzene rings is 1. The summed E-state index contributed by atoms with van der Waals surface area (Å²) in [5.74, 6) is -1.05. The van der Waals surface area contributed by atoms with Crippen LogP contribution in [-0.4, -0.2) is 23.7 Å². The predicted octanol–water partition coefficient (Wildman–Crippen LogP) is 3.35. The molecule has 6 heteroatoms. The molecule has 0 spiro atoms. The van der Waals surface area contributed by atoms with Gasteiger partial charge in [-0.3, -0.25) is 0 Å². The van der Waals surface area contributed by atoms with Crippen LogP contribution in [0.15, 0.2) is 18.2 Å². The number of carboxylic acid groups (broad SMARTS) is 1. The fourth-order valence-electron chi connectivity index (χ4n) is 2.17. The highest BCUT2D eigenvalue weighted by molar-refractivity contribution is 6.34. The number of hydrogen-bond acceptors (Lipinski definition) is 2. The molecule has 0 aromatic heterocycles. The summed E-state index contributed by atoms with van der Waals surface area (Å²) in [5, 5.41) is 14.5. The fraction of sp³-hybridized carbons (Fsp3) is 0.429. The largest absolute Gasteiger partial charge is 0.478 e. The van der Waals surface area contributed by atoms with Crippen molar-refractivity contribution < 1.29 is 14.7 Å². The van der Waals surface area contributed by atoms with Crippen molar-refractivity contribution in [2.75, 3.05) is 11.9 Å². The van der Waals surface area contributed by atoms with Gasteiger partial charge in [0, 0.05) is 6.54 Å². The number of halogens is 1. The smallest absolute Gasteiger partial charge is 0.335 e. The van der Waals surface area contributed by atoms with Crippen LogP contribution in [-0.2, 0) is 0 Å². The molecule has 0 aliphatic heterocycles. The molecule has 0 atom stereocenters. The third kappa shape index (κ3) is 3.42. The van der Waals surface area contributed by atoms with Gasteiger partial charge in [-0.1, -0.05) is 24.9 Å². The Morgan fingerprint density at radius 2 is 2.10 bits per heavy atom. The first-order valence-electron chi connectivity index (χ1n) is 6.47. The van der Waals surface area contributed by atoms with Crippen molar-refractivity contribution in [3.8, 4) is 0 Å². The SMILES string of the molecule is CC1(CNC(=O)Nc2ccc(C(=O)O)cc2Cl)CCC1. The molecule has 20 heavy (non-hydrogen) atoms. The van der Waals surface area contributed by atoms with Crippen molar-refractivity contribution in [1.29, 1.82) is 0 Å². The zero-order valence-corrected chi connectivity index (χ0v) is 12.0. The Kier molecular flexibility index (Phi) is 4.18. The van der Waals surface area contributed by atoms with Crippen molar-refractivity contribution in [2.24, 2.45) is 5.41 Å². The van der Waals surface area contributed by atoms with Gasteiger partial charge in [0.2, 0.25) is 0 Å². The summed E-state index contributed by atoms with van der Waals surface area (Å²) in [6, 6.07) is 3.86.